The molecule has 0 aromatic heterocycles. The monoisotopic (exact) mass is 1200 g/mol. The molecule has 0 saturated carbocycles. The zero-order chi connectivity index (χ0) is 62.6. The molecule has 1 aromatic rings. The molecular formula is C64H97N3O18. The number of allylic oxidation sites excluding steroid dienone is 12. The van der Waals surface area contributed by atoms with Crippen LogP contribution in [0.15, 0.2) is 109 Å². The minimum Gasteiger partial charge on any atom is -0.461 e. The summed E-state index contributed by atoms with van der Waals surface area (Å²) in [6.07, 6.45) is 5.96. The van der Waals surface area contributed by atoms with Crippen LogP contribution in [0.5, 0.6) is 0 Å². The Hall–Kier alpha value is -5.08. The lowest BCUT2D eigenvalue weighted by molar-refractivity contribution is -0.307. The lowest BCUT2D eigenvalue weighted by atomic mass is 9.82. The van der Waals surface area contributed by atoms with Crippen molar-refractivity contribution in [3.8, 4) is 0 Å². The van der Waals surface area contributed by atoms with E-state index in [2.05, 4.69) is 10.6 Å². The van der Waals surface area contributed by atoms with Gasteiger partial charge in [0.1, 0.15) is 18.0 Å². The standard InChI is InChI=1S/C64H97N3O18/c1-6-7-20-29-67-62(80)57-54(76)39-64(81)38-51(74)34-49(72)32-47(70)30-46(69)31-48(71)33-50(73)36-56(77)84-61(41(3)23-28-45(68)35-53(75)43-24-26-44(66-5)27-25-43)40(2)21-18-16-14-12-10-8-9-11-13-15-17-19-22-52(37-55(57)85-64)83-63-60(79)58(65)59(78)42(4)82-63/h8-19,21-22,24-27,40-42,45-47,49-52,54-55,57-61,63,66,68-70,72-74,76,78-79,81H,6-7,20,23,28-39,65H2,1-5H3,(H,67,80)/b9-8+,12-10+,13-11+,16-14+,17-15+,21-18+,22-19+/t40?,41?,42-,45?,46?,47?,49?,50?,51?,52?,54?,55?,57?,58+,59-,60+,61?,63+,64?/m1/s1. The number of carbonyl (C=O) groups is 4. The summed E-state index contributed by atoms with van der Waals surface area (Å²) in [4.78, 5) is 53.2. The number of ketones is 2. The predicted octanol–water partition coefficient (Wildman–Crippen LogP) is 3.97. The van der Waals surface area contributed by atoms with E-state index in [0.717, 1.165) is 18.5 Å². The van der Waals surface area contributed by atoms with E-state index < -0.39 is 160 Å². The molecule has 0 radical (unpaired) electrons. The first kappa shape index (κ1) is 72.4. The van der Waals surface area contributed by atoms with Crippen molar-refractivity contribution in [2.75, 3.05) is 18.9 Å². The fourth-order valence-electron chi connectivity index (χ4n) is 10.8. The van der Waals surface area contributed by atoms with Crippen molar-refractivity contribution in [2.45, 2.75) is 221 Å². The Labute approximate surface area is 500 Å². The first-order valence-electron chi connectivity index (χ1n) is 30.0. The third kappa shape index (κ3) is 26.0. The summed E-state index contributed by atoms with van der Waals surface area (Å²) in [6.45, 7) is 7.59. The van der Waals surface area contributed by atoms with E-state index in [9.17, 15) is 70.2 Å². The number of ether oxygens (including phenoxy) is 4. The van der Waals surface area contributed by atoms with Crippen molar-refractivity contribution in [1.82, 2.24) is 5.32 Å². The van der Waals surface area contributed by atoms with Gasteiger partial charge in [-0.1, -0.05) is 119 Å². The zero-order valence-corrected chi connectivity index (χ0v) is 49.9. The molecule has 14 N–H and O–H groups in total. The molecule has 3 aliphatic rings. The molecule has 21 heteroatoms. The van der Waals surface area contributed by atoms with Gasteiger partial charge in [-0.05, 0) is 75.6 Å². The number of cyclic esters (lactones) is 1. The Morgan fingerprint density at radius 1 is 0.729 bits per heavy atom. The third-order valence-electron chi connectivity index (χ3n) is 15.5. The normalized spacial score (nSPS) is 36.5. The lowest BCUT2D eigenvalue weighted by Crippen LogP contribution is -2.62. The molecule has 4 rings (SSSR count). The van der Waals surface area contributed by atoms with Crippen LogP contribution in [0.4, 0.5) is 5.69 Å². The fraction of sp³-hybridized carbons (Fsp3) is 0.625. The summed E-state index contributed by atoms with van der Waals surface area (Å²) in [5.74, 6) is -6.37. The van der Waals surface area contributed by atoms with Gasteiger partial charge in [0.05, 0.1) is 85.5 Å². The Balaban J connectivity index is 1.57. The van der Waals surface area contributed by atoms with Crippen LogP contribution >= 0.6 is 0 Å². The van der Waals surface area contributed by atoms with E-state index in [1.165, 1.54) is 0 Å². The molecule has 2 fully saturated rings. The molecule has 2 saturated heterocycles. The van der Waals surface area contributed by atoms with Crippen LogP contribution in [0.25, 0.3) is 0 Å². The molecule has 3 heterocycles. The fourth-order valence-corrected chi connectivity index (χ4v) is 10.8. The average Bonchev–Trinajstić information content (AvgIpc) is 2.29. The van der Waals surface area contributed by atoms with Gasteiger partial charge in [0.15, 0.2) is 17.9 Å². The number of nitrogens with one attached hydrogen (secondary N) is 2. The van der Waals surface area contributed by atoms with Gasteiger partial charge in [0.25, 0.3) is 0 Å². The molecule has 2 bridgehead atoms. The minimum absolute atomic E-state index is 0.101. The maximum absolute atomic E-state index is 13.8. The molecule has 3 aliphatic heterocycles. The van der Waals surface area contributed by atoms with E-state index in [-0.39, 0.29) is 49.7 Å². The van der Waals surface area contributed by atoms with Crippen LogP contribution in [-0.2, 0) is 33.3 Å². The van der Waals surface area contributed by atoms with E-state index >= 15 is 0 Å². The molecule has 0 spiro atoms. The average molecular weight is 1200 g/mol. The molecule has 1 aromatic carbocycles. The van der Waals surface area contributed by atoms with Gasteiger partial charge in [-0.2, -0.15) is 0 Å². The summed E-state index contributed by atoms with van der Waals surface area (Å²) in [5.41, 5.74) is 7.45. The number of hydrogen-bond acceptors (Lipinski definition) is 20. The van der Waals surface area contributed by atoms with Crippen molar-refractivity contribution in [2.24, 2.45) is 23.5 Å². The van der Waals surface area contributed by atoms with Gasteiger partial charge in [-0.3, -0.25) is 19.2 Å². The van der Waals surface area contributed by atoms with Crippen molar-refractivity contribution in [1.29, 1.82) is 0 Å². The first-order valence-corrected chi connectivity index (χ1v) is 30.0. The highest BCUT2D eigenvalue weighted by atomic mass is 16.7. The van der Waals surface area contributed by atoms with Crippen molar-refractivity contribution >= 4 is 29.1 Å². The summed E-state index contributed by atoms with van der Waals surface area (Å²) in [6, 6.07) is 5.79. The largest absolute Gasteiger partial charge is 0.461 e. The summed E-state index contributed by atoms with van der Waals surface area (Å²) in [7, 11) is 1.77. The number of nitrogens with two attached hydrogens (primary N) is 1. The number of Topliss-reactive ketones (excluding diaryl/α,β-unsaturated/α-hetero) is 2. The number of carbonyl (C=O) groups excluding carboxylic acids is 4. The Bertz CT molecular complexity index is 2390. The maximum Gasteiger partial charge on any atom is 0.308 e. The van der Waals surface area contributed by atoms with Gasteiger partial charge >= 0.3 is 5.97 Å². The highest BCUT2D eigenvalue weighted by Gasteiger charge is 2.51. The summed E-state index contributed by atoms with van der Waals surface area (Å²) < 4.78 is 24.3. The number of aliphatic hydroxyl groups excluding tert-OH is 9. The number of unbranched alkanes of at least 4 members (excludes halogenated alkanes) is 2. The zero-order valence-electron chi connectivity index (χ0n) is 49.9. The predicted molar refractivity (Wildman–Crippen MR) is 320 cm³/mol. The van der Waals surface area contributed by atoms with Crippen LogP contribution in [0, 0.1) is 17.8 Å². The highest BCUT2D eigenvalue weighted by molar-refractivity contribution is 5.96. The van der Waals surface area contributed by atoms with Gasteiger partial charge < -0.3 is 86.4 Å². The number of rotatable bonds is 15. The van der Waals surface area contributed by atoms with Gasteiger partial charge in [-0.25, -0.2) is 0 Å². The molecule has 14 unspecified atom stereocenters. The maximum atomic E-state index is 13.8. The molecule has 21 nitrogen and oxygen atoms in total. The van der Waals surface area contributed by atoms with Crippen molar-refractivity contribution in [3.05, 3.63) is 115 Å². The summed E-state index contributed by atoms with van der Waals surface area (Å²) in [5, 5.41) is 117. The molecule has 476 valence electrons. The topological polar surface area (TPSA) is 358 Å². The smallest absolute Gasteiger partial charge is 0.308 e. The molecule has 19 atom stereocenters. The van der Waals surface area contributed by atoms with Crippen LogP contribution in [0.3, 0.4) is 0 Å². The molecular weight excluding hydrogens is 1100 g/mol. The molecule has 85 heavy (non-hydrogen) atoms. The SMILES string of the molecule is CCCCCNC(=O)C1C(O)CC2(O)CC(O)CC(O)CC(O)CC(O)CC(=O)CC(O)CC(=O)OC(C(C)CCC(O)CC(=O)c3ccc(NC)cc3)C(C)/C=C/C=C/C=C/C=C/C=C/C=C/C=C/C(O[C@@H]3O[C@H](C)[C@@H](O)[C@H](N)[C@@H]3O)CC1O2. The minimum atomic E-state index is -2.27. The second-order valence-corrected chi connectivity index (χ2v) is 23.1. The Morgan fingerprint density at radius 3 is 1.92 bits per heavy atom. The van der Waals surface area contributed by atoms with Crippen LogP contribution < -0.4 is 16.4 Å². The first-order chi connectivity index (χ1) is 40.4. The second kappa shape index (κ2) is 37.6. The van der Waals surface area contributed by atoms with Gasteiger partial charge in [-0.15, -0.1) is 0 Å². The number of amides is 1. The number of fused-ring (bicyclic) bond motifs is 2. The quantitative estimate of drug-likeness (QED) is 0.0671. The summed E-state index contributed by atoms with van der Waals surface area (Å²) >= 11 is 0. The van der Waals surface area contributed by atoms with Gasteiger partial charge in [0.2, 0.25) is 5.91 Å². The van der Waals surface area contributed by atoms with E-state index in [4.69, 9.17) is 24.7 Å². The van der Waals surface area contributed by atoms with E-state index in [1.807, 2.05) is 26.8 Å². The second-order valence-electron chi connectivity index (χ2n) is 23.1. The van der Waals surface area contributed by atoms with Crippen LogP contribution in [-0.4, -0.2) is 186 Å². The Morgan fingerprint density at radius 2 is 1.31 bits per heavy atom. The number of benzene rings is 1. The van der Waals surface area contributed by atoms with Crippen LogP contribution in [0.2, 0.25) is 0 Å². The van der Waals surface area contributed by atoms with E-state index in [0.29, 0.717) is 24.9 Å². The molecule has 1 amide bonds. The lowest BCUT2D eigenvalue weighted by Gasteiger charge is -2.46. The van der Waals surface area contributed by atoms with Gasteiger partial charge in [0, 0.05) is 69.3 Å². The molecule has 0 aliphatic carbocycles. The number of esters is 1. The Kier molecular flexibility index (Phi) is 32.0. The number of hydrogen-bond donors (Lipinski definition) is 13. The number of aliphatic hydroxyl groups is 10. The highest BCUT2D eigenvalue weighted by Crippen LogP contribution is 2.38. The van der Waals surface area contributed by atoms with Crippen molar-refractivity contribution < 1.29 is 89.2 Å². The number of anilines is 1. The third-order valence-corrected chi connectivity index (χ3v) is 15.5. The van der Waals surface area contributed by atoms with Crippen molar-refractivity contribution in [3.63, 3.8) is 0 Å². The van der Waals surface area contributed by atoms with E-state index in [1.54, 1.807) is 117 Å². The van der Waals surface area contributed by atoms with Crippen LogP contribution in [0.1, 0.15) is 134 Å².